The molecule has 1 aliphatic heterocycles. The fourth-order valence-electron chi connectivity index (χ4n) is 3.75. The van der Waals surface area contributed by atoms with Crippen LogP contribution in [0.25, 0.3) is 0 Å². The van der Waals surface area contributed by atoms with Gasteiger partial charge >= 0.3 is 0 Å². The summed E-state index contributed by atoms with van der Waals surface area (Å²) in [5, 5.41) is 6.78. The first-order valence-corrected chi connectivity index (χ1v) is 10.8. The molecule has 0 spiro atoms. The monoisotopic (exact) mass is 402 g/mol. The van der Waals surface area contributed by atoms with Gasteiger partial charge in [0.05, 0.1) is 0 Å². The van der Waals surface area contributed by atoms with Gasteiger partial charge in [-0.05, 0) is 43.9 Å². The Balaban J connectivity index is 1.60. The van der Waals surface area contributed by atoms with E-state index in [2.05, 4.69) is 64.7 Å². The lowest BCUT2D eigenvalue weighted by Gasteiger charge is -2.21. The molecular weight excluding hydrogens is 372 g/mol. The van der Waals surface area contributed by atoms with Crippen LogP contribution in [0.2, 0.25) is 0 Å². The van der Waals surface area contributed by atoms with Crippen LogP contribution in [0, 0.1) is 13.8 Å². The van der Waals surface area contributed by atoms with E-state index in [9.17, 15) is 0 Å². The molecule has 1 saturated heterocycles. The molecule has 4 rings (SSSR count). The molecular formula is C24H30N6. The van der Waals surface area contributed by atoms with Gasteiger partial charge in [0.25, 0.3) is 0 Å². The molecule has 2 N–H and O–H groups in total. The van der Waals surface area contributed by atoms with Gasteiger partial charge in [0.1, 0.15) is 0 Å². The van der Waals surface area contributed by atoms with Gasteiger partial charge in [0.2, 0.25) is 17.8 Å². The average molecular weight is 403 g/mol. The first kappa shape index (κ1) is 20.1. The summed E-state index contributed by atoms with van der Waals surface area (Å²) in [6, 6.07) is 16.6. The highest BCUT2D eigenvalue weighted by Gasteiger charge is 2.16. The molecule has 0 radical (unpaired) electrons. The molecule has 1 fully saturated rings. The van der Waals surface area contributed by atoms with Crippen molar-refractivity contribution in [2.75, 3.05) is 28.6 Å². The van der Waals surface area contributed by atoms with Gasteiger partial charge in [0.15, 0.2) is 0 Å². The van der Waals surface area contributed by atoms with Gasteiger partial charge in [-0.3, -0.25) is 0 Å². The summed E-state index contributed by atoms with van der Waals surface area (Å²) in [7, 11) is 0. The standard InChI is InChI=1S/C24H30N6/c1-18-10-9-12-20(16-18)17-25-22-27-23(26-21-13-6-5-11-19(21)2)29-24(28-22)30-14-7-3-4-8-15-30/h5-6,9-13,16H,3-4,7-8,14-15,17H2,1-2H3,(H2,25,26,27,28,29). The highest BCUT2D eigenvalue weighted by molar-refractivity contribution is 5.59. The Morgan fingerprint density at radius 3 is 2.37 bits per heavy atom. The van der Waals surface area contributed by atoms with Gasteiger partial charge < -0.3 is 15.5 Å². The quantitative estimate of drug-likeness (QED) is 0.589. The van der Waals surface area contributed by atoms with Crippen LogP contribution in [-0.2, 0) is 6.54 Å². The van der Waals surface area contributed by atoms with Gasteiger partial charge in [0, 0.05) is 25.3 Å². The summed E-state index contributed by atoms with van der Waals surface area (Å²) in [5.41, 5.74) is 4.62. The lowest BCUT2D eigenvalue weighted by Crippen LogP contribution is -2.27. The predicted octanol–water partition coefficient (Wildman–Crippen LogP) is 5.22. The van der Waals surface area contributed by atoms with Gasteiger partial charge in [-0.2, -0.15) is 15.0 Å². The van der Waals surface area contributed by atoms with Crippen LogP contribution in [0.15, 0.2) is 48.5 Å². The van der Waals surface area contributed by atoms with E-state index in [0.717, 1.165) is 30.3 Å². The van der Waals surface area contributed by atoms with Crippen molar-refractivity contribution in [3.05, 3.63) is 65.2 Å². The summed E-state index contributed by atoms with van der Waals surface area (Å²) in [5.74, 6) is 1.92. The summed E-state index contributed by atoms with van der Waals surface area (Å²) in [4.78, 5) is 16.5. The van der Waals surface area contributed by atoms with Crippen LogP contribution >= 0.6 is 0 Å². The maximum atomic E-state index is 4.76. The van der Waals surface area contributed by atoms with Gasteiger partial charge in [-0.25, -0.2) is 0 Å². The summed E-state index contributed by atoms with van der Waals surface area (Å²) in [6.45, 7) is 6.84. The molecule has 6 heteroatoms. The van der Waals surface area contributed by atoms with Crippen molar-refractivity contribution in [1.29, 1.82) is 0 Å². The van der Waals surface area contributed by atoms with Crippen molar-refractivity contribution in [3.8, 4) is 0 Å². The second-order valence-corrected chi connectivity index (χ2v) is 7.97. The molecule has 156 valence electrons. The normalized spacial score (nSPS) is 14.3. The minimum Gasteiger partial charge on any atom is -0.350 e. The number of hydrogen-bond acceptors (Lipinski definition) is 6. The lowest BCUT2D eigenvalue weighted by atomic mass is 10.1. The SMILES string of the molecule is Cc1cccc(CNc2nc(Nc3ccccc3C)nc(N3CCCCCC3)n2)c1. The molecule has 0 saturated carbocycles. The number of nitrogens with one attached hydrogen (secondary N) is 2. The van der Waals surface area contributed by atoms with Crippen molar-refractivity contribution < 1.29 is 0 Å². The smallest absolute Gasteiger partial charge is 0.233 e. The molecule has 0 bridgehead atoms. The number of anilines is 4. The Hall–Kier alpha value is -3.15. The minimum atomic E-state index is 0.574. The molecule has 2 aromatic carbocycles. The van der Waals surface area contributed by atoms with E-state index in [1.807, 2.05) is 18.2 Å². The zero-order valence-corrected chi connectivity index (χ0v) is 17.9. The van der Waals surface area contributed by atoms with E-state index in [1.54, 1.807) is 0 Å². The molecule has 2 heterocycles. The maximum absolute atomic E-state index is 4.76. The Morgan fingerprint density at radius 2 is 1.60 bits per heavy atom. The highest BCUT2D eigenvalue weighted by atomic mass is 15.3. The van der Waals surface area contributed by atoms with E-state index < -0.39 is 0 Å². The minimum absolute atomic E-state index is 0.574. The molecule has 3 aromatic rings. The number of para-hydroxylation sites is 1. The van der Waals surface area contributed by atoms with Crippen LogP contribution in [-0.4, -0.2) is 28.0 Å². The molecule has 0 unspecified atom stereocenters. The largest absolute Gasteiger partial charge is 0.350 e. The Morgan fingerprint density at radius 1 is 0.833 bits per heavy atom. The van der Waals surface area contributed by atoms with Crippen LogP contribution in [0.4, 0.5) is 23.5 Å². The van der Waals surface area contributed by atoms with Crippen molar-refractivity contribution in [3.63, 3.8) is 0 Å². The molecule has 0 amide bonds. The molecule has 1 aliphatic rings. The van der Waals surface area contributed by atoms with Crippen molar-refractivity contribution in [1.82, 2.24) is 15.0 Å². The zero-order valence-electron chi connectivity index (χ0n) is 17.9. The number of benzene rings is 2. The Kier molecular flexibility index (Phi) is 6.42. The third-order valence-corrected chi connectivity index (χ3v) is 5.44. The van der Waals surface area contributed by atoms with Crippen molar-refractivity contribution in [2.24, 2.45) is 0 Å². The van der Waals surface area contributed by atoms with E-state index in [1.165, 1.54) is 36.8 Å². The third kappa shape index (κ3) is 5.26. The Bertz CT molecular complexity index is 979. The number of aryl methyl sites for hydroxylation is 2. The molecule has 0 aliphatic carbocycles. The average Bonchev–Trinajstić information content (AvgIpc) is 3.04. The Labute approximate surface area is 178 Å². The number of rotatable bonds is 6. The summed E-state index contributed by atoms with van der Waals surface area (Å²) >= 11 is 0. The second-order valence-electron chi connectivity index (χ2n) is 7.97. The fourth-order valence-corrected chi connectivity index (χ4v) is 3.75. The predicted molar refractivity (Wildman–Crippen MR) is 123 cm³/mol. The summed E-state index contributed by atoms with van der Waals surface area (Å²) in [6.07, 6.45) is 4.90. The first-order chi connectivity index (χ1) is 14.7. The number of aromatic nitrogens is 3. The van der Waals surface area contributed by atoms with Crippen molar-refractivity contribution >= 4 is 23.5 Å². The van der Waals surface area contributed by atoms with E-state index >= 15 is 0 Å². The summed E-state index contributed by atoms with van der Waals surface area (Å²) < 4.78 is 0. The second kappa shape index (κ2) is 9.57. The van der Waals surface area contributed by atoms with Crippen LogP contribution in [0.5, 0.6) is 0 Å². The van der Waals surface area contributed by atoms with E-state index in [4.69, 9.17) is 9.97 Å². The molecule has 1 aromatic heterocycles. The maximum Gasteiger partial charge on any atom is 0.233 e. The van der Waals surface area contributed by atoms with Crippen molar-refractivity contribution in [2.45, 2.75) is 46.1 Å². The topological polar surface area (TPSA) is 66.0 Å². The fraction of sp³-hybridized carbons (Fsp3) is 0.375. The lowest BCUT2D eigenvalue weighted by molar-refractivity contribution is 0.726. The molecule has 30 heavy (non-hydrogen) atoms. The van der Waals surface area contributed by atoms with Gasteiger partial charge in [-0.1, -0.05) is 60.9 Å². The molecule has 6 nitrogen and oxygen atoms in total. The van der Waals surface area contributed by atoms with Crippen LogP contribution in [0.1, 0.15) is 42.4 Å². The van der Waals surface area contributed by atoms with E-state index in [0.29, 0.717) is 18.4 Å². The van der Waals surface area contributed by atoms with Crippen LogP contribution in [0.3, 0.4) is 0 Å². The number of nitrogens with zero attached hydrogens (tertiary/aromatic N) is 4. The zero-order chi connectivity index (χ0) is 20.8. The number of hydrogen-bond donors (Lipinski definition) is 2. The third-order valence-electron chi connectivity index (χ3n) is 5.44. The van der Waals surface area contributed by atoms with Gasteiger partial charge in [-0.15, -0.1) is 0 Å². The highest BCUT2D eigenvalue weighted by Crippen LogP contribution is 2.22. The first-order valence-electron chi connectivity index (χ1n) is 10.8. The molecule has 0 atom stereocenters. The van der Waals surface area contributed by atoms with E-state index in [-0.39, 0.29) is 0 Å². The van der Waals surface area contributed by atoms with Crippen LogP contribution < -0.4 is 15.5 Å².